The molecule has 0 radical (unpaired) electrons. The number of furan rings is 1. The number of carboxylic acid groups (broad SMARTS) is 1. The SMILES string of the molecule is CC(=O)Nc1ccc(N=Cc2ccc(-c3ccc(C(=O)O)cc3C)o2)cc1. The summed E-state index contributed by atoms with van der Waals surface area (Å²) < 4.78 is 5.80. The number of hydrogen-bond donors (Lipinski definition) is 2. The molecular formula is C21H18N2O4. The van der Waals surface area contributed by atoms with Crippen molar-refractivity contribution in [3.63, 3.8) is 0 Å². The molecule has 0 saturated carbocycles. The summed E-state index contributed by atoms with van der Waals surface area (Å²) in [5.74, 6) is 0.145. The van der Waals surface area contributed by atoms with Gasteiger partial charge >= 0.3 is 5.97 Å². The van der Waals surface area contributed by atoms with Crippen molar-refractivity contribution in [2.45, 2.75) is 13.8 Å². The van der Waals surface area contributed by atoms with Gasteiger partial charge in [0.2, 0.25) is 5.91 Å². The largest absolute Gasteiger partial charge is 0.478 e. The van der Waals surface area contributed by atoms with E-state index in [1.54, 1.807) is 54.7 Å². The Kier molecular flexibility index (Phi) is 5.17. The van der Waals surface area contributed by atoms with Crippen LogP contribution < -0.4 is 5.32 Å². The van der Waals surface area contributed by atoms with Gasteiger partial charge in [0.15, 0.2) is 0 Å². The maximum atomic E-state index is 11.0. The van der Waals surface area contributed by atoms with Gasteiger partial charge < -0.3 is 14.8 Å². The van der Waals surface area contributed by atoms with E-state index in [4.69, 9.17) is 9.52 Å². The highest BCUT2D eigenvalue weighted by atomic mass is 16.4. The molecule has 3 rings (SSSR count). The topological polar surface area (TPSA) is 91.9 Å². The minimum atomic E-state index is -0.957. The quantitative estimate of drug-likeness (QED) is 0.646. The number of carbonyl (C=O) groups excluding carboxylic acids is 1. The van der Waals surface area contributed by atoms with Crippen LogP contribution in [0, 0.1) is 6.92 Å². The number of aryl methyl sites for hydroxylation is 1. The van der Waals surface area contributed by atoms with E-state index in [0.717, 1.165) is 16.8 Å². The molecule has 0 spiro atoms. The van der Waals surface area contributed by atoms with Crippen LogP contribution in [0.3, 0.4) is 0 Å². The number of aliphatic imine (C=N–C) groups is 1. The van der Waals surface area contributed by atoms with Crippen LogP contribution in [0.5, 0.6) is 0 Å². The summed E-state index contributed by atoms with van der Waals surface area (Å²) in [7, 11) is 0. The minimum absolute atomic E-state index is 0.124. The molecule has 0 atom stereocenters. The molecule has 6 nitrogen and oxygen atoms in total. The van der Waals surface area contributed by atoms with Crippen molar-refractivity contribution < 1.29 is 19.1 Å². The van der Waals surface area contributed by atoms with Crippen molar-refractivity contribution in [3.8, 4) is 11.3 Å². The maximum Gasteiger partial charge on any atom is 0.335 e. The molecule has 0 unspecified atom stereocenters. The first-order valence-corrected chi connectivity index (χ1v) is 8.28. The molecule has 2 aromatic carbocycles. The monoisotopic (exact) mass is 362 g/mol. The standard InChI is InChI=1S/C21H18N2O4/c1-13-11-15(21(25)26)3-9-19(13)20-10-8-18(27-20)12-22-16-4-6-17(7-5-16)23-14(2)24/h3-12H,1-2H3,(H,23,24)(H,25,26). The van der Waals surface area contributed by atoms with E-state index in [2.05, 4.69) is 10.3 Å². The van der Waals surface area contributed by atoms with E-state index >= 15 is 0 Å². The van der Waals surface area contributed by atoms with Gasteiger partial charge in [-0.15, -0.1) is 0 Å². The molecule has 27 heavy (non-hydrogen) atoms. The zero-order valence-electron chi connectivity index (χ0n) is 14.9. The molecule has 0 fully saturated rings. The van der Waals surface area contributed by atoms with Crippen LogP contribution in [0.25, 0.3) is 11.3 Å². The molecule has 0 aliphatic carbocycles. The van der Waals surface area contributed by atoms with Crippen molar-refractivity contribution in [1.29, 1.82) is 0 Å². The van der Waals surface area contributed by atoms with Gasteiger partial charge in [0.25, 0.3) is 0 Å². The van der Waals surface area contributed by atoms with Gasteiger partial charge in [0.05, 0.1) is 17.5 Å². The second-order valence-corrected chi connectivity index (χ2v) is 6.02. The predicted molar refractivity (Wildman–Crippen MR) is 104 cm³/mol. The maximum absolute atomic E-state index is 11.0. The van der Waals surface area contributed by atoms with Gasteiger partial charge in [0.1, 0.15) is 11.5 Å². The molecule has 6 heteroatoms. The normalized spacial score (nSPS) is 10.9. The average Bonchev–Trinajstić information content (AvgIpc) is 3.09. The van der Waals surface area contributed by atoms with Crippen LogP contribution in [0.2, 0.25) is 0 Å². The fourth-order valence-electron chi connectivity index (χ4n) is 2.61. The van der Waals surface area contributed by atoms with Crippen LogP contribution in [-0.4, -0.2) is 23.2 Å². The number of benzene rings is 2. The van der Waals surface area contributed by atoms with Crippen molar-refractivity contribution in [2.75, 3.05) is 5.32 Å². The number of nitrogens with one attached hydrogen (secondary N) is 1. The van der Waals surface area contributed by atoms with Crippen molar-refractivity contribution in [1.82, 2.24) is 0 Å². The molecule has 1 aromatic heterocycles. The summed E-state index contributed by atoms with van der Waals surface area (Å²) in [4.78, 5) is 26.4. The third-order valence-electron chi connectivity index (χ3n) is 3.89. The second-order valence-electron chi connectivity index (χ2n) is 6.02. The van der Waals surface area contributed by atoms with E-state index in [9.17, 15) is 9.59 Å². The lowest BCUT2D eigenvalue weighted by Crippen LogP contribution is -2.04. The molecule has 0 saturated heterocycles. The molecule has 0 aliphatic heterocycles. The zero-order chi connectivity index (χ0) is 19.4. The van der Waals surface area contributed by atoms with Gasteiger partial charge in [-0.1, -0.05) is 6.07 Å². The Bertz CT molecular complexity index is 1020. The Morgan fingerprint density at radius 1 is 1.07 bits per heavy atom. The lowest BCUT2D eigenvalue weighted by molar-refractivity contribution is -0.114. The average molecular weight is 362 g/mol. The Labute approximate surface area is 156 Å². The summed E-state index contributed by atoms with van der Waals surface area (Å²) >= 11 is 0. The number of carboxylic acids is 1. The van der Waals surface area contributed by atoms with Crippen molar-refractivity contribution >= 4 is 29.5 Å². The Morgan fingerprint density at radius 2 is 1.81 bits per heavy atom. The zero-order valence-corrected chi connectivity index (χ0v) is 14.9. The molecule has 136 valence electrons. The number of anilines is 1. The van der Waals surface area contributed by atoms with Gasteiger partial charge in [-0.05, 0) is 61.0 Å². The third-order valence-corrected chi connectivity index (χ3v) is 3.89. The van der Waals surface area contributed by atoms with Gasteiger partial charge in [-0.25, -0.2) is 4.79 Å². The lowest BCUT2D eigenvalue weighted by atomic mass is 10.0. The van der Waals surface area contributed by atoms with Gasteiger partial charge in [-0.3, -0.25) is 9.79 Å². The van der Waals surface area contributed by atoms with E-state index < -0.39 is 5.97 Å². The number of carbonyl (C=O) groups is 2. The van der Waals surface area contributed by atoms with Gasteiger partial charge in [0, 0.05) is 18.2 Å². The van der Waals surface area contributed by atoms with Crippen LogP contribution in [0.15, 0.2) is 64.0 Å². The molecular weight excluding hydrogens is 344 g/mol. The number of nitrogens with zero attached hydrogens (tertiary/aromatic N) is 1. The van der Waals surface area contributed by atoms with Crippen LogP contribution >= 0.6 is 0 Å². The van der Waals surface area contributed by atoms with Crippen LogP contribution in [-0.2, 0) is 4.79 Å². The molecule has 0 aliphatic rings. The molecule has 2 N–H and O–H groups in total. The van der Waals surface area contributed by atoms with Crippen LogP contribution in [0.1, 0.15) is 28.6 Å². The summed E-state index contributed by atoms with van der Waals surface area (Å²) in [5.41, 5.74) is 3.33. The van der Waals surface area contributed by atoms with E-state index in [-0.39, 0.29) is 11.5 Å². The highest BCUT2D eigenvalue weighted by molar-refractivity contribution is 5.89. The molecule has 1 heterocycles. The minimum Gasteiger partial charge on any atom is -0.478 e. The summed E-state index contributed by atoms with van der Waals surface area (Å²) in [6.45, 7) is 3.30. The van der Waals surface area contributed by atoms with Crippen molar-refractivity contribution in [2.24, 2.45) is 4.99 Å². The molecule has 0 bridgehead atoms. The fourth-order valence-corrected chi connectivity index (χ4v) is 2.61. The first kappa shape index (κ1) is 18.1. The second kappa shape index (κ2) is 7.70. The first-order chi connectivity index (χ1) is 12.9. The Morgan fingerprint density at radius 3 is 2.44 bits per heavy atom. The Hall–Kier alpha value is -3.67. The number of hydrogen-bond acceptors (Lipinski definition) is 4. The number of rotatable bonds is 5. The van der Waals surface area contributed by atoms with Crippen molar-refractivity contribution in [3.05, 3.63) is 71.5 Å². The predicted octanol–water partition coefficient (Wildman–Crippen LogP) is 4.66. The fraction of sp³-hybridized carbons (Fsp3) is 0.0952. The molecule has 1 amide bonds. The first-order valence-electron chi connectivity index (χ1n) is 8.28. The summed E-state index contributed by atoms with van der Waals surface area (Å²) in [5, 5.41) is 11.7. The summed E-state index contributed by atoms with van der Waals surface area (Å²) in [6.07, 6.45) is 1.61. The van der Waals surface area contributed by atoms with E-state index in [1.807, 2.05) is 13.0 Å². The lowest BCUT2D eigenvalue weighted by Gasteiger charge is -2.04. The third kappa shape index (κ3) is 4.49. The van der Waals surface area contributed by atoms with Crippen LogP contribution in [0.4, 0.5) is 11.4 Å². The highest BCUT2D eigenvalue weighted by Gasteiger charge is 2.10. The molecule has 3 aromatic rings. The van der Waals surface area contributed by atoms with E-state index in [1.165, 1.54) is 6.92 Å². The number of amides is 1. The van der Waals surface area contributed by atoms with Gasteiger partial charge in [-0.2, -0.15) is 0 Å². The smallest absolute Gasteiger partial charge is 0.335 e. The van der Waals surface area contributed by atoms with E-state index in [0.29, 0.717) is 17.2 Å². The number of aromatic carboxylic acids is 1. The highest BCUT2D eigenvalue weighted by Crippen LogP contribution is 2.26. The summed E-state index contributed by atoms with van der Waals surface area (Å²) in [6, 6.07) is 15.7. The Balaban J connectivity index is 1.75.